The number of rotatable bonds is 4. The van der Waals surface area contributed by atoms with Gasteiger partial charge in [0.15, 0.2) is 0 Å². The van der Waals surface area contributed by atoms with Crippen molar-refractivity contribution in [2.24, 2.45) is 5.92 Å². The van der Waals surface area contributed by atoms with Crippen LogP contribution in [-0.4, -0.2) is 19.0 Å². The highest BCUT2D eigenvalue weighted by Crippen LogP contribution is 2.42. The first-order valence-corrected chi connectivity index (χ1v) is 8.25. The first kappa shape index (κ1) is 17.0. The highest BCUT2D eigenvalue weighted by atomic mass is 16.5. The minimum Gasteiger partial charge on any atom is -0.550 e. The van der Waals surface area contributed by atoms with Crippen molar-refractivity contribution in [3.63, 3.8) is 0 Å². The molecule has 0 aliphatic carbocycles. The molecule has 1 saturated heterocycles. The van der Waals surface area contributed by atoms with Gasteiger partial charge in [-0.3, -0.25) is 4.79 Å². The van der Waals surface area contributed by atoms with Crippen LogP contribution >= 0.6 is 0 Å². The number of anilines is 1. The van der Waals surface area contributed by atoms with Crippen LogP contribution in [0.1, 0.15) is 30.0 Å². The molecular formula is C20H20NO4-. The number of ether oxygens (including phenoxy) is 1. The van der Waals surface area contributed by atoms with Crippen molar-refractivity contribution in [2.75, 3.05) is 12.0 Å². The number of aliphatic carboxylic acids is 1. The number of carboxylic acids is 1. The van der Waals surface area contributed by atoms with Gasteiger partial charge in [-0.15, -0.1) is 0 Å². The van der Waals surface area contributed by atoms with Gasteiger partial charge in [0, 0.05) is 29.6 Å². The molecule has 0 unspecified atom stereocenters. The highest BCUT2D eigenvalue weighted by molar-refractivity contribution is 5.96. The average molecular weight is 338 g/mol. The Balaban J connectivity index is 2.15. The summed E-state index contributed by atoms with van der Waals surface area (Å²) in [6, 6.07) is 14.0. The maximum atomic E-state index is 12.7. The second-order valence-electron chi connectivity index (χ2n) is 6.25. The summed E-state index contributed by atoms with van der Waals surface area (Å²) >= 11 is 0. The number of nitrogens with zero attached hydrogens (tertiary/aromatic N) is 1. The molecule has 5 heteroatoms. The van der Waals surface area contributed by atoms with Crippen molar-refractivity contribution in [3.05, 3.63) is 59.7 Å². The number of para-hydroxylation sites is 1. The number of aryl methyl sites for hydroxylation is 1. The molecule has 0 bridgehead atoms. The van der Waals surface area contributed by atoms with Crippen LogP contribution in [-0.2, 0) is 9.59 Å². The summed E-state index contributed by atoms with van der Waals surface area (Å²) in [6.07, 6.45) is 0.435. The summed E-state index contributed by atoms with van der Waals surface area (Å²) in [7, 11) is 1.54. The van der Waals surface area contributed by atoms with Crippen molar-refractivity contribution in [3.8, 4) is 5.75 Å². The lowest BCUT2D eigenvalue weighted by atomic mass is 9.83. The molecule has 130 valence electrons. The molecule has 0 radical (unpaired) electrons. The fourth-order valence-electron chi connectivity index (χ4n) is 3.42. The lowest BCUT2D eigenvalue weighted by Gasteiger charge is -2.42. The van der Waals surface area contributed by atoms with Gasteiger partial charge in [0.1, 0.15) is 5.75 Å². The molecule has 25 heavy (non-hydrogen) atoms. The maximum absolute atomic E-state index is 12.7. The normalized spacial score (nSPS) is 20.4. The molecule has 0 N–H and O–H groups in total. The minimum atomic E-state index is -1.15. The molecule has 1 amide bonds. The number of carbonyl (C=O) groups is 2. The number of hydrogen-bond acceptors (Lipinski definition) is 4. The Morgan fingerprint density at radius 2 is 1.84 bits per heavy atom. The Morgan fingerprint density at radius 3 is 2.48 bits per heavy atom. The van der Waals surface area contributed by atoms with E-state index in [1.165, 1.54) is 7.11 Å². The minimum absolute atomic E-state index is 0.0998. The predicted octanol–water partition coefficient (Wildman–Crippen LogP) is 2.24. The molecule has 2 aromatic rings. The lowest BCUT2D eigenvalue weighted by molar-refractivity contribution is -0.312. The summed E-state index contributed by atoms with van der Waals surface area (Å²) in [4.78, 5) is 26.1. The largest absolute Gasteiger partial charge is 0.550 e. The third kappa shape index (κ3) is 3.22. The van der Waals surface area contributed by atoms with Gasteiger partial charge in [-0.05, 0) is 31.5 Å². The zero-order valence-electron chi connectivity index (χ0n) is 14.3. The summed E-state index contributed by atoms with van der Waals surface area (Å²) in [6.45, 7) is 1.96. The number of methoxy groups -OCH3 is 1. The summed E-state index contributed by atoms with van der Waals surface area (Å²) in [5, 5.41) is 11.8. The summed E-state index contributed by atoms with van der Waals surface area (Å²) in [5.74, 6) is -1.49. The molecule has 2 atom stereocenters. The van der Waals surface area contributed by atoms with E-state index < -0.39 is 17.9 Å². The van der Waals surface area contributed by atoms with Crippen LogP contribution in [0.5, 0.6) is 5.75 Å². The fourth-order valence-corrected chi connectivity index (χ4v) is 3.42. The van der Waals surface area contributed by atoms with Crippen LogP contribution in [0.3, 0.4) is 0 Å². The zero-order valence-corrected chi connectivity index (χ0v) is 14.3. The van der Waals surface area contributed by atoms with Crippen molar-refractivity contribution in [2.45, 2.75) is 25.8 Å². The Bertz CT molecular complexity index is 785. The van der Waals surface area contributed by atoms with Gasteiger partial charge in [-0.1, -0.05) is 35.9 Å². The van der Waals surface area contributed by atoms with Gasteiger partial charge >= 0.3 is 0 Å². The van der Waals surface area contributed by atoms with Gasteiger partial charge < -0.3 is 19.5 Å². The van der Waals surface area contributed by atoms with Crippen molar-refractivity contribution in [1.82, 2.24) is 0 Å². The maximum Gasteiger partial charge on any atom is 0.227 e. The van der Waals surface area contributed by atoms with Crippen molar-refractivity contribution >= 4 is 17.6 Å². The quantitative estimate of drug-likeness (QED) is 0.857. The number of carboxylic acid groups (broad SMARTS) is 1. The van der Waals surface area contributed by atoms with E-state index in [2.05, 4.69) is 0 Å². The van der Waals surface area contributed by atoms with Gasteiger partial charge in [0.2, 0.25) is 5.91 Å². The van der Waals surface area contributed by atoms with Crippen molar-refractivity contribution < 1.29 is 19.4 Å². The molecular weight excluding hydrogens is 318 g/mol. The van der Waals surface area contributed by atoms with E-state index in [0.717, 1.165) is 5.56 Å². The van der Waals surface area contributed by atoms with E-state index in [9.17, 15) is 14.7 Å². The SMILES string of the molecule is COc1ccccc1[C@H]1[C@@H](C(=O)[O-])CCC(=O)N1c1ccc(C)cc1. The summed E-state index contributed by atoms with van der Waals surface area (Å²) < 4.78 is 5.41. The third-order valence-electron chi connectivity index (χ3n) is 4.67. The van der Waals surface area contributed by atoms with Crippen LogP contribution in [0.15, 0.2) is 48.5 Å². The van der Waals surface area contributed by atoms with Gasteiger partial charge in [-0.2, -0.15) is 0 Å². The van der Waals surface area contributed by atoms with Crippen LogP contribution in [0.2, 0.25) is 0 Å². The molecule has 1 aliphatic heterocycles. The van der Waals surface area contributed by atoms with Crippen LogP contribution in [0.25, 0.3) is 0 Å². The van der Waals surface area contributed by atoms with E-state index in [-0.39, 0.29) is 18.7 Å². The van der Waals surface area contributed by atoms with Crippen LogP contribution in [0, 0.1) is 12.8 Å². The lowest BCUT2D eigenvalue weighted by Crippen LogP contribution is -2.49. The van der Waals surface area contributed by atoms with Crippen LogP contribution < -0.4 is 14.7 Å². The third-order valence-corrected chi connectivity index (χ3v) is 4.67. The Hall–Kier alpha value is -2.82. The molecule has 1 fully saturated rings. The molecule has 1 heterocycles. The second kappa shape index (κ2) is 6.97. The molecule has 5 nitrogen and oxygen atoms in total. The molecule has 1 aliphatic rings. The number of piperidine rings is 1. The fraction of sp³-hybridized carbons (Fsp3) is 0.300. The Kier molecular flexibility index (Phi) is 4.74. The van der Waals surface area contributed by atoms with Crippen molar-refractivity contribution in [1.29, 1.82) is 0 Å². The van der Waals surface area contributed by atoms with Crippen LogP contribution in [0.4, 0.5) is 5.69 Å². The first-order chi connectivity index (χ1) is 12.0. The van der Waals surface area contributed by atoms with Gasteiger partial charge in [0.25, 0.3) is 0 Å². The first-order valence-electron chi connectivity index (χ1n) is 8.25. The number of carbonyl (C=O) groups excluding carboxylic acids is 2. The monoisotopic (exact) mass is 338 g/mol. The van der Waals surface area contributed by atoms with E-state index in [1.54, 1.807) is 17.0 Å². The average Bonchev–Trinajstić information content (AvgIpc) is 2.62. The number of hydrogen-bond donors (Lipinski definition) is 0. The highest BCUT2D eigenvalue weighted by Gasteiger charge is 2.39. The van der Waals surface area contributed by atoms with Gasteiger partial charge in [0.05, 0.1) is 13.2 Å². The molecule has 2 aromatic carbocycles. The molecule has 0 aromatic heterocycles. The topological polar surface area (TPSA) is 69.7 Å². The molecule has 0 saturated carbocycles. The zero-order chi connectivity index (χ0) is 18.0. The standard InChI is InChI=1S/C20H21NO4/c1-13-7-9-14(10-8-13)21-18(22)12-11-16(20(23)24)19(21)15-5-3-4-6-17(15)25-2/h3-10,16,19H,11-12H2,1-2H3,(H,23,24)/p-1/t16-,19-/m0/s1. The summed E-state index contributed by atoms with van der Waals surface area (Å²) in [5.41, 5.74) is 2.42. The Labute approximate surface area is 146 Å². The second-order valence-corrected chi connectivity index (χ2v) is 6.25. The van der Waals surface area contributed by atoms with E-state index >= 15 is 0 Å². The van der Waals surface area contributed by atoms with Gasteiger partial charge in [-0.25, -0.2) is 0 Å². The smallest absolute Gasteiger partial charge is 0.227 e. The molecule has 3 rings (SSSR count). The van der Waals surface area contributed by atoms with E-state index in [0.29, 0.717) is 17.0 Å². The number of benzene rings is 2. The van der Waals surface area contributed by atoms with E-state index in [1.807, 2.05) is 43.3 Å². The molecule has 0 spiro atoms. The predicted molar refractivity (Wildman–Crippen MR) is 92.1 cm³/mol. The number of amides is 1. The van der Waals surface area contributed by atoms with E-state index in [4.69, 9.17) is 4.74 Å². The Morgan fingerprint density at radius 1 is 1.16 bits per heavy atom.